The third-order valence-electron chi connectivity index (χ3n) is 1.36. The normalized spacial score (nSPS) is 10.6. The molecule has 0 radical (unpaired) electrons. The Kier molecular flexibility index (Phi) is 1.99. The average molecular weight is 175 g/mol. The van der Waals surface area contributed by atoms with E-state index in [0.717, 1.165) is 6.07 Å². The van der Waals surface area contributed by atoms with Crippen molar-refractivity contribution in [3.8, 4) is 0 Å². The lowest BCUT2D eigenvalue weighted by molar-refractivity contribution is 0.147. The van der Waals surface area contributed by atoms with Gasteiger partial charge in [-0.3, -0.25) is 4.79 Å². The monoisotopic (exact) mass is 175 g/mol. The van der Waals surface area contributed by atoms with Crippen molar-refractivity contribution < 1.29 is 8.78 Å². The highest BCUT2D eigenvalue weighted by atomic mass is 19.3. The molecule has 0 amide bonds. The summed E-state index contributed by atoms with van der Waals surface area (Å²) in [5.74, 6) is 0. The van der Waals surface area contributed by atoms with E-state index in [1.807, 2.05) is 4.98 Å². The molecule has 0 aliphatic rings. The van der Waals surface area contributed by atoms with Crippen LogP contribution in [-0.2, 0) is 0 Å². The Hall–Kier alpha value is -1.59. The topological polar surface area (TPSA) is 84.9 Å². The lowest BCUT2D eigenvalue weighted by Gasteiger charge is -2.05. The van der Waals surface area contributed by atoms with Crippen molar-refractivity contribution in [1.82, 2.24) is 4.98 Å². The molecule has 0 saturated carbocycles. The molecule has 1 aromatic rings. The van der Waals surface area contributed by atoms with Gasteiger partial charge in [-0.05, 0) is 0 Å². The zero-order valence-electron chi connectivity index (χ0n) is 5.97. The van der Waals surface area contributed by atoms with Crippen molar-refractivity contribution in [1.29, 1.82) is 0 Å². The molecular formula is C6H7F2N3O. The maximum Gasteiger partial charge on any atom is 0.280 e. The molecule has 6 heteroatoms. The maximum absolute atomic E-state index is 12.1. The number of hydrogen-bond donors (Lipinski definition) is 3. The van der Waals surface area contributed by atoms with Crippen LogP contribution in [0.5, 0.6) is 0 Å². The summed E-state index contributed by atoms with van der Waals surface area (Å²) in [6, 6.07) is 0.960. The molecule has 4 nitrogen and oxygen atoms in total. The average Bonchev–Trinajstić information content (AvgIpc) is 1.96. The first-order valence-corrected chi connectivity index (χ1v) is 3.08. The molecule has 1 aromatic heterocycles. The summed E-state index contributed by atoms with van der Waals surface area (Å²) in [6.45, 7) is 0. The van der Waals surface area contributed by atoms with Crippen LogP contribution in [0.2, 0.25) is 0 Å². The molecule has 66 valence electrons. The van der Waals surface area contributed by atoms with Crippen LogP contribution >= 0.6 is 0 Å². The number of rotatable bonds is 1. The van der Waals surface area contributed by atoms with Gasteiger partial charge >= 0.3 is 0 Å². The highest BCUT2D eigenvalue weighted by Gasteiger charge is 2.14. The molecule has 0 aromatic carbocycles. The Morgan fingerprint density at radius 3 is 2.50 bits per heavy atom. The third kappa shape index (κ3) is 1.36. The number of aromatic amines is 1. The Balaban J connectivity index is 3.38. The van der Waals surface area contributed by atoms with Gasteiger partial charge < -0.3 is 16.5 Å². The molecule has 0 fully saturated rings. The number of aromatic nitrogens is 1. The molecule has 0 aliphatic carbocycles. The number of halogens is 2. The van der Waals surface area contributed by atoms with Crippen LogP contribution in [0.3, 0.4) is 0 Å². The van der Waals surface area contributed by atoms with Crippen molar-refractivity contribution in [3.63, 3.8) is 0 Å². The first kappa shape index (κ1) is 8.51. The van der Waals surface area contributed by atoms with Crippen molar-refractivity contribution in [3.05, 3.63) is 22.1 Å². The summed E-state index contributed by atoms with van der Waals surface area (Å²) in [5.41, 5.74) is 8.65. The molecule has 0 aliphatic heterocycles. The molecule has 0 bridgehead atoms. The van der Waals surface area contributed by atoms with E-state index in [9.17, 15) is 13.6 Å². The fourth-order valence-corrected chi connectivity index (χ4v) is 0.783. The third-order valence-corrected chi connectivity index (χ3v) is 1.36. The minimum absolute atomic E-state index is 0.131. The first-order valence-electron chi connectivity index (χ1n) is 3.08. The number of H-pyrrole nitrogens is 1. The SMILES string of the molecule is Nc1cc(=O)[nH]c(C(F)F)c1N. The van der Waals surface area contributed by atoms with E-state index >= 15 is 0 Å². The molecule has 1 rings (SSSR count). The van der Waals surface area contributed by atoms with Gasteiger partial charge in [-0.25, -0.2) is 8.78 Å². The van der Waals surface area contributed by atoms with E-state index in [1.54, 1.807) is 0 Å². The lowest BCUT2D eigenvalue weighted by atomic mass is 10.2. The predicted molar refractivity (Wildman–Crippen MR) is 40.8 cm³/mol. The minimum Gasteiger partial charge on any atom is -0.397 e. The second-order valence-corrected chi connectivity index (χ2v) is 2.22. The van der Waals surface area contributed by atoms with Crippen molar-refractivity contribution in [2.45, 2.75) is 6.43 Å². The number of nitrogens with one attached hydrogen (secondary N) is 1. The molecule has 1 heterocycles. The van der Waals surface area contributed by atoms with Gasteiger partial charge in [-0.1, -0.05) is 0 Å². The highest BCUT2D eigenvalue weighted by molar-refractivity contribution is 5.65. The van der Waals surface area contributed by atoms with Gasteiger partial charge in [0.05, 0.1) is 11.4 Å². The molecule has 12 heavy (non-hydrogen) atoms. The molecule has 0 atom stereocenters. The van der Waals surface area contributed by atoms with Gasteiger partial charge in [0.2, 0.25) is 5.56 Å². The van der Waals surface area contributed by atoms with E-state index in [0.29, 0.717) is 0 Å². The number of alkyl halides is 2. The van der Waals surface area contributed by atoms with E-state index in [2.05, 4.69) is 0 Å². The Morgan fingerprint density at radius 2 is 2.00 bits per heavy atom. The van der Waals surface area contributed by atoms with Crippen LogP contribution in [0.25, 0.3) is 0 Å². The van der Waals surface area contributed by atoms with Gasteiger partial charge in [-0.15, -0.1) is 0 Å². The van der Waals surface area contributed by atoms with E-state index in [1.165, 1.54) is 0 Å². The standard InChI is InChI=1S/C6H7F2N3O/c7-6(8)5-4(10)2(9)1-3(12)11-5/h1,6H,10H2,(H3,9,11,12). The lowest BCUT2D eigenvalue weighted by Crippen LogP contribution is -2.13. The zero-order valence-corrected chi connectivity index (χ0v) is 5.97. The van der Waals surface area contributed by atoms with Crippen LogP contribution in [0.1, 0.15) is 12.1 Å². The van der Waals surface area contributed by atoms with Gasteiger partial charge in [0, 0.05) is 6.07 Å². The fourth-order valence-electron chi connectivity index (χ4n) is 0.783. The second kappa shape index (κ2) is 2.80. The Morgan fingerprint density at radius 1 is 1.42 bits per heavy atom. The minimum atomic E-state index is -2.82. The van der Waals surface area contributed by atoms with Gasteiger partial charge in [-0.2, -0.15) is 0 Å². The van der Waals surface area contributed by atoms with Crippen LogP contribution in [0, 0.1) is 0 Å². The zero-order chi connectivity index (χ0) is 9.30. The van der Waals surface area contributed by atoms with Crippen LogP contribution < -0.4 is 17.0 Å². The molecule has 5 N–H and O–H groups in total. The number of nitrogen functional groups attached to an aromatic ring is 2. The molecular weight excluding hydrogens is 168 g/mol. The first-order chi connectivity index (χ1) is 5.52. The number of hydrogen-bond acceptors (Lipinski definition) is 3. The molecule has 0 spiro atoms. The van der Waals surface area contributed by atoms with Crippen molar-refractivity contribution in [2.75, 3.05) is 11.5 Å². The second-order valence-electron chi connectivity index (χ2n) is 2.22. The number of nitrogens with two attached hydrogens (primary N) is 2. The summed E-state index contributed by atoms with van der Waals surface area (Å²) in [4.78, 5) is 12.5. The smallest absolute Gasteiger partial charge is 0.280 e. The summed E-state index contributed by atoms with van der Waals surface area (Å²) >= 11 is 0. The fraction of sp³-hybridized carbons (Fsp3) is 0.167. The Bertz CT molecular complexity index is 347. The molecule has 0 unspecified atom stereocenters. The highest BCUT2D eigenvalue weighted by Crippen LogP contribution is 2.24. The Labute approximate surface area is 66.2 Å². The summed E-state index contributed by atoms with van der Waals surface area (Å²) in [5, 5.41) is 0. The van der Waals surface area contributed by atoms with E-state index in [4.69, 9.17) is 11.5 Å². The van der Waals surface area contributed by atoms with Gasteiger partial charge in [0.1, 0.15) is 5.69 Å². The maximum atomic E-state index is 12.1. The van der Waals surface area contributed by atoms with Crippen LogP contribution in [0.15, 0.2) is 10.9 Å². The van der Waals surface area contributed by atoms with Crippen molar-refractivity contribution in [2.24, 2.45) is 0 Å². The van der Waals surface area contributed by atoms with E-state index < -0.39 is 17.7 Å². The summed E-state index contributed by atoms with van der Waals surface area (Å²) < 4.78 is 24.2. The van der Waals surface area contributed by atoms with Crippen LogP contribution in [0.4, 0.5) is 20.2 Å². The quantitative estimate of drug-likeness (QED) is 0.580. The van der Waals surface area contributed by atoms with Gasteiger partial charge in [0.25, 0.3) is 6.43 Å². The predicted octanol–water partition coefficient (Wildman–Crippen LogP) is 0.477. The largest absolute Gasteiger partial charge is 0.397 e. The van der Waals surface area contributed by atoms with Crippen LogP contribution in [-0.4, -0.2) is 4.98 Å². The summed E-state index contributed by atoms with van der Waals surface area (Å²) in [7, 11) is 0. The summed E-state index contributed by atoms with van der Waals surface area (Å²) in [6.07, 6.45) is -2.82. The molecule has 0 saturated heterocycles. The van der Waals surface area contributed by atoms with Crippen molar-refractivity contribution >= 4 is 11.4 Å². The number of pyridine rings is 1. The van der Waals surface area contributed by atoms with Gasteiger partial charge in [0.15, 0.2) is 0 Å². The van der Waals surface area contributed by atoms with E-state index in [-0.39, 0.29) is 11.4 Å². The number of anilines is 2.